The van der Waals surface area contributed by atoms with Gasteiger partial charge in [-0.05, 0) is 23.0 Å². The van der Waals surface area contributed by atoms with Crippen LogP contribution in [0.5, 0.6) is 17.2 Å². The number of hydrogen-bond donors (Lipinski definition) is 1. The van der Waals surface area contributed by atoms with E-state index in [2.05, 4.69) is 21.2 Å². The number of nitrogens with one attached hydrogen (secondary N) is 1. The molecule has 6 heteroatoms. The lowest BCUT2D eigenvalue weighted by molar-refractivity contribution is 0.0985. The Labute approximate surface area is 107 Å². The van der Waals surface area contributed by atoms with Crippen molar-refractivity contribution in [3.63, 3.8) is 0 Å². The lowest BCUT2D eigenvalue weighted by Gasteiger charge is -2.12. The van der Waals surface area contributed by atoms with Gasteiger partial charge in [0, 0.05) is 6.07 Å². The van der Waals surface area contributed by atoms with E-state index >= 15 is 0 Å². The number of halogens is 1. The lowest BCUT2D eigenvalue weighted by atomic mass is 10.1. The van der Waals surface area contributed by atoms with Gasteiger partial charge in [-0.2, -0.15) is 0 Å². The number of likely N-dealkylation sites (N-methyl/N-ethyl adjacent to an activating group) is 1. The minimum absolute atomic E-state index is 0.104. The first-order chi connectivity index (χ1) is 8.19. The van der Waals surface area contributed by atoms with Gasteiger partial charge in [-0.15, -0.1) is 0 Å². The van der Waals surface area contributed by atoms with E-state index in [0.29, 0.717) is 27.3 Å². The average molecular weight is 302 g/mol. The summed E-state index contributed by atoms with van der Waals surface area (Å²) in [6, 6.07) is 1.73. The third-order valence-electron chi connectivity index (χ3n) is 2.39. The second-order valence-electron chi connectivity index (χ2n) is 3.45. The predicted octanol–water partition coefficient (Wildman–Crippen LogP) is 1.59. The highest BCUT2D eigenvalue weighted by molar-refractivity contribution is 9.10. The van der Waals surface area contributed by atoms with E-state index in [0.717, 1.165) is 0 Å². The molecule has 1 aromatic rings. The molecule has 5 nitrogen and oxygen atoms in total. The monoisotopic (exact) mass is 301 g/mol. The molecule has 1 aliphatic rings. The zero-order chi connectivity index (χ0) is 12.4. The number of hydrogen-bond acceptors (Lipinski definition) is 5. The SMILES string of the molecule is CNCC(=O)c1c(OC)c(Br)cc2c1OCO2. The van der Waals surface area contributed by atoms with Gasteiger partial charge in [-0.3, -0.25) is 4.79 Å². The van der Waals surface area contributed by atoms with Crippen molar-refractivity contribution in [2.24, 2.45) is 0 Å². The molecule has 2 rings (SSSR count). The zero-order valence-electron chi connectivity index (χ0n) is 9.50. The van der Waals surface area contributed by atoms with Crippen molar-refractivity contribution in [1.29, 1.82) is 0 Å². The summed E-state index contributed by atoms with van der Waals surface area (Å²) in [5, 5.41) is 2.81. The summed E-state index contributed by atoms with van der Waals surface area (Å²) in [4.78, 5) is 12.0. The summed E-state index contributed by atoms with van der Waals surface area (Å²) >= 11 is 3.35. The lowest BCUT2D eigenvalue weighted by Crippen LogP contribution is -2.19. The molecule has 0 fully saturated rings. The number of ether oxygens (including phenoxy) is 3. The van der Waals surface area contributed by atoms with Crippen molar-refractivity contribution in [2.75, 3.05) is 27.5 Å². The van der Waals surface area contributed by atoms with Crippen LogP contribution in [0, 0.1) is 0 Å². The highest BCUT2D eigenvalue weighted by Gasteiger charge is 2.28. The van der Waals surface area contributed by atoms with Crippen LogP contribution in [0.25, 0.3) is 0 Å². The quantitative estimate of drug-likeness (QED) is 0.856. The van der Waals surface area contributed by atoms with E-state index in [1.54, 1.807) is 13.1 Å². The zero-order valence-corrected chi connectivity index (χ0v) is 11.1. The third-order valence-corrected chi connectivity index (χ3v) is 2.98. The van der Waals surface area contributed by atoms with Gasteiger partial charge in [0.25, 0.3) is 0 Å². The third kappa shape index (κ3) is 2.10. The molecule has 0 saturated carbocycles. The Kier molecular flexibility index (Phi) is 3.54. The van der Waals surface area contributed by atoms with Gasteiger partial charge in [0.1, 0.15) is 11.3 Å². The summed E-state index contributed by atoms with van der Waals surface area (Å²) in [5.74, 6) is 1.37. The molecule has 0 atom stereocenters. The van der Waals surface area contributed by atoms with Gasteiger partial charge in [0.05, 0.1) is 18.1 Å². The first kappa shape index (κ1) is 12.2. The largest absolute Gasteiger partial charge is 0.495 e. The first-order valence-corrected chi connectivity index (χ1v) is 5.82. The molecule has 1 heterocycles. The molecular weight excluding hydrogens is 290 g/mol. The summed E-state index contributed by atoms with van der Waals surface area (Å²) in [5.41, 5.74) is 0.406. The topological polar surface area (TPSA) is 56.8 Å². The first-order valence-electron chi connectivity index (χ1n) is 5.03. The van der Waals surface area contributed by atoms with E-state index in [-0.39, 0.29) is 19.1 Å². The van der Waals surface area contributed by atoms with Gasteiger partial charge in [0.15, 0.2) is 17.3 Å². The molecule has 0 spiro atoms. The summed E-state index contributed by atoms with van der Waals surface area (Å²) in [6.07, 6.45) is 0. The summed E-state index contributed by atoms with van der Waals surface area (Å²) < 4.78 is 16.5. The van der Waals surface area contributed by atoms with Crippen LogP contribution in [0.4, 0.5) is 0 Å². The van der Waals surface area contributed by atoms with Crippen molar-refractivity contribution >= 4 is 21.7 Å². The Bertz CT molecular complexity index is 458. The van der Waals surface area contributed by atoms with E-state index < -0.39 is 0 Å². The van der Waals surface area contributed by atoms with Crippen molar-refractivity contribution in [1.82, 2.24) is 5.32 Å². The smallest absolute Gasteiger partial charge is 0.231 e. The molecule has 0 bridgehead atoms. The Morgan fingerprint density at radius 2 is 2.35 bits per heavy atom. The van der Waals surface area contributed by atoms with E-state index in [4.69, 9.17) is 14.2 Å². The van der Waals surface area contributed by atoms with Crippen LogP contribution in [0.1, 0.15) is 10.4 Å². The van der Waals surface area contributed by atoms with Crippen LogP contribution in [-0.2, 0) is 0 Å². The number of rotatable bonds is 4. The second-order valence-corrected chi connectivity index (χ2v) is 4.31. The van der Waals surface area contributed by atoms with Gasteiger partial charge in [-0.25, -0.2) is 0 Å². The number of carbonyl (C=O) groups excluding carboxylic acids is 1. The van der Waals surface area contributed by atoms with Crippen LogP contribution in [-0.4, -0.2) is 33.3 Å². The van der Waals surface area contributed by atoms with Gasteiger partial charge in [-0.1, -0.05) is 0 Å². The molecule has 1 N–H and O–H groups in total. The standard InChI is InChI=1S/C11H12BrNO4/c1-13-4-7(14)9-10(15-2)6(12)3-8-11(9)17-5-16-8/h3,13H,4-5H2,1-2H3. The number of ketones is 1. The van der Waals surface area contributed by atoms with E-state index in [1.807, 2.05) is 0 Å². The molecule has 0 unspecified atom stereocenters. The van der Waals surface area contributed by atoms with Gasteiger partial charge in [0.2, 0.25) is 6.79 Å². The van der Waals surface area contributed by atoms with Crippen molar-refractivity contribution < 1.29 is 19.0 Å². The van der Waals surface area contributed by atoms with Crippen LogP contribution >= 0.6 is 15.9 Å². The molecule has 0 aromatic heterocycles. The Morgan fingerprint density at radius 3 is 3.00 bits per heavy atom. The fourth-order valence-electron chi connectivity index (χ4n) is 1.70. The van der Waals surface area contributed by atoms with E-state index in [9.17, 15) is 4.79 Å². The summed E-state index contributed by atoms with van der Waals surface area (Å²) in [7, 11) is 3.22. The molecule has 17 heavy (non-hydrogen) atoms. The van der Waals surface area contributed by atoms with Crippen LogP contribution in [0.2, 0.25) is 0 Å². The Morgan fingerprint density at radius 1 is 1.59 bits per heavy atom. The fourth-order valence-corrected chi connectivity index (χ4v) is 2.26. The number of Topliss-reactive ketones (excluding diaryl/α,β-unsaturated/α-hetero) is 1. The molecule has 1 aromatic carbocycles. The molecule has 0 amide bonds. The minimum atomic E-state index is -0.104. The van der Waals surface area contributed by atoms with Gasteiger partial charge >= 0.3 is 0 Å². The van der Waals surface area contributed by atoms with Crippen LogP contribution in [0.3, 0.4) is 0 Å². The molecule has 92 valence electrons. The Balaban J connectivity index is 2.57. The maximum atomic E-state index is 12.0. The second kappa shape index (κ2) is 4.93. The van der Waals surface area contributed by atoms with Gasteiger partial charge < -0.3 is 19.5 Å². The van der Waals surface area contributed by atoms with E-state index in [1.165, 1.54) is 7.11 Å². The highest BCUT2D eigenvalue weighted by Crippen LogP contribution is 2.45. The molecule has 0 saturated heterocycles. The maximum Gasteiger partial charge on any atom is 0.231 e. The number of carbonyl (C=O) groups is 1. The molecule has 0 aliphatic carbocycles. The van der Waals surface area contributed by atoms with Crippen molar-refractivity contribution in [3.8, 4) is 17.2 Å². The van der Waals surface area contributed by atoms with Crippen molar-refractivity contribution in [2.45, 2.75) is 0 Å². The predicted molar refractivity (Wildman–Crippen MR) is 65.1 cm³/mol. The number of benzene rings is 1. The van der Waals surface area contributed by atoms with Crippen molar-refractivity contribution in [3.05, 3.63) is 16.1 Å². The maximum absolute atomic E-state index is 12.0. The highest BCUT2D eigenvalue weighted by atomic mass is 79.9. The Hall–Kier alpha value is -1.27. The normalized spacial score (nSPS) is 12.6. The summed E-state index contributed by atoms with van der Waals surface area (Å²) in [6.45, 7) is 0.331. The fraction of sp³-hybridized carbons (Fsp3) is 0.364. The number of fused-ring (bicyclic) bond motifs is 1. The van der Waals surface area contributed by atoms with Crippen LogP contribution in [0.15, 0.2) is 10.5 Å². The minimum Gasteiger partial charge on any atom is -0.495 e. The molecule has 1 aliphatic heterocycles. The molecule has 0 radical (unpaired) electrons. The molecular formula is C11H12BrNO4. The number of methoxy groups -OCH3 is 1. The average Bonchev–Trinajstić information content (AvgIpc) is 2.74. The van der Waals surface area contributed by atoms with Crippen LogP contribution < -0.4 is 19.5 Å².